The van der Waals surface area contributed by atoms with Gasteiger partial charge in [0.25, 0.3) is 0 Å². The van der Waals surface area contributed by atoms with E-state index in [0.29, 0.717) is 17.7 Å². The summed E-state index contributed by atoms with van der Waals surface area (Å²) in [4.78, 5) is 0. The lowest BCUT2D eigenvalue weighted by Gasteiger charge is -2.31. The van der Waals surface area contributed by atoms with E-state index in [9.17, 15) is 4.21 Å². The molecule has 84 valence electrons. The maximum atomic E-state index is 12.1. The molecule has 0 heterocycles. The summed E-state index contributed by atoms with van der Waals surface area (Å²) in [5.41, 5.74) is 5.57. The van der Waals surface area contributed by atoms with Crippen LogP contribution < -0.4 is 5.73 Å². The fraction of sp³-hybridized carbons (Fsp3) is 1.00. The van der Waals surface area contributed by atoms with E-state index < -0.39 is 10.8 Å². The minimum absolute atomic E-state index is 0.173. The van der Waals surface area contributed by atoms with Gasteiger partial charge in [-0.25, -0.2) is 0 Å². The summed E-state index contributed by atoms with van der Waals surface area (Å²) in [6.45, 7) is 4.78. The van der Waals surface area contributed by atoms with E-state index in [0.717, 1.165) is 6.42 Å². The third-order valence-electron chi connectivity index (χ3n) is 3.39. The Labute approximate surface area is 90.1 Å². The van der Waals surface area contributed by atoms with Crippen molar-refractivity contribution in [2.75, 3.05) is 6.54 Å². The van der Waals surface area contributed by atoms with Crippen LogP contribution in [0.4, 0.5) is 0 Å². The van der Waals surface area contributed by atoms with Gasteiger partial charge in [-0.3, -0.25) is 4.21 Å². The standard InChI is InChI=1S/C11H23NOS/c1-3-10-6-4-5-7-11(10)14(13)9(2)8-12/h9-11H,3-8,12H2,1-2H3. The summed E-state index contributed by atoms with van der Waals surface area (Å²) < 4.78 is 12.1. The molecule has 1 rings (SSSR count). The molecule has 3 heteroatoms. The highest BCUT2D eigenvalue weighted by Crippen LogP contribution is 2.31. The second-order valence-corrected chi connectivity index (χ2v) is 6.43. The van der Waals surface area contributed by atoms with Crippen LogP contribution in [-0.4, -0.2) is 21.3 Å². The average Bonchev–Trinajstić information content (AvgIpc) is 2.26. The molecule has 0 saturated heterocycles. The first-order valence-corrected chi connectivity index (χ1v) is 7.07. The molecule has 1 fully saturated rings. The second-order valence-electron chi connectivity index (χ2n) is 4.37. The zero-order valence-corrected chi connectivity index (χ0v) is 10.2. The molecule has 0 aromatic heterocycles. The van der Waals surface area contributed by atoms with Crippen molar-refractivity contribution in [2.24, 2.45) is 11.7 Å². The van der Waals surface area contributed by atoms with Gasteiger partial charge < -0.3 is 5.73 Å². The van der Waals surface area contributed by atoms with E-state index >= 15 is 0 Å². The van der Waals surface area contributed by atoms with Crippen molar-refractivity contribution in [1.29, 1.82) is 0 Å². The topological polar surface area (TPSA) is 43.1 Å². The molecule has 0 radical (unpaired) electrons. The average molecular weight is 217 g/mol. The molecule has 0 spiro atoms. The fourth-order valence-corrected chi connectivity index (χ4v) is 4.23. The minimum atomic E-state index is -0.706. The smallest absolute Gasteiger partial charge is 0.0445 e. The maximum Gasteiger partial charge on any atom is 0.0445 e. The molecule has 1 saturated carbocycles. The highest BCUT2D eigenvalue weighted by Gasteiger charge is 2.30. The van der Waals surface area contributed by atoms with E-state index in [1.165, 1.54) is 25.7 Å². The summed E-state index contributed by atoms with van der Waals surface area (Å²) in [5.74, 6) is 0.679. The first kappa shape index (κ1) is 12.2. The quantitative estimate of drug-likeness (QED) is 0.783. The number of nitrogens with two attached hydrogens (primary N) is 1. The molecule has 0 amide bonds. The normalized spacial score (nSPS) is 32.5. The van der Waals surface area contributed by atoms with Gasteiger partial charge >= 0.3 is 0 Å². The summed E-state index contributed by atoms with van der Waals surface area (Å²) in [6, 6.07) is 0. The predicted molar refractivity (Wildman–Crippen MR) is 62.7 cm³/mol. The van der Waals surface area contributed by atoms with Crippen molar-refractivity contribution in [1.82, 2.24) is 0 Å². The SMILES string of the molecule is CCC1CCCCC1S(=O)C(C)CN. The van der Waals surface area contributed by atoms with Crippen LogP contribution in [0.1, 0.15) is 46.0 Å². The van der Waals surface area contributed by atoms with Gasteiger partial charge in [0.1, 0.15) is 0 Å². The van der Waals surface area contributed by atoms with Crippen molar-refractivity contribution in [2.45, 2.75) is 56.5 Å². The fourth-order valence-electron chi connectivity index (χ4n) is 2.34. The van der Waals surface area contributed by atoms with Crippen LogP contribution >= 0.6 is 0 Å². The number of hydrogen-bond donors (Lipinski definition) is 1. The number of hydrogen-bond acceptors (Lipinski definition) is 2. The Bertz CT molecular complexity index is 196. The van der Waals surface area contributed by atoms with Gasteiger partial charge in [-0.1, -0.05) is 26.2 Å². The van der Waals surface area contributed by atoms with Crippen LogP contribution in [0.2, 0.25) is 0 Å². The summed E-state index contributed by atoms with van der Waals surface area (Å²) in [7, 11) is -0.706. The zero-order valence-electron chi connectivity index (χ0n) is 9.37. The van der Waals surface area contributed by atoms with E-state index in [-0.39, 0.29) is 5.25 Å². The zero-order chi connectivity index (χ0) is 10.6. The third-order valence-corrected chi connectivity index (χ3v) is 5.59. The molecule has 4 atom stereocenters. The Balaban J connectivity index is 2.58. The van der Waals surface area contributed by atoms with Gasteiger partial charge in [-0.15, -0.1) is 0 Å². The summed E-state index contributed by atoms with van der Waals surface area (Å²) in [6.07, 6.45) is 6.17. The molecule has 0 bridgehead atoms. The van der Waals surface area contributed by atoms with Gasteiger partial charge in [0.2, 0.25) is 0 Å². The minimum Gasteiger partial charge on any atom is -0.329 e. The molecule has 0 aromatic carbocycles. The van der Waals surface area contributed by atoms with Crippen molar-refractivity contribution < 1.29 is 4.21 Å². The maximum absolute atomic E-state index is 12.1. The molecule has 2 nitrogen and oxygen atoms in total. The van der Waals surface area contributed by atoms with E-state index in [1.807, 2.05) is 6.92 Å². The molecule has 0 aliphatic heterocycles. The largest absolute Gasteiger partial charge is 0.329 e. The van der Waals surface area contributed by atoms with Crippen LogP contribution in [0.25, 0.3) is 0 Å². The predicted octanol–water partition coefficient (Wildman–Crippen LogP) is 2.05. The molecular weight excluding hydrogens is 194 g/mol. The second kappa shape index (κ2) is 5.86. The van der Waals surface area contributed by atoms with Crippen LogP contribution in [-0.2, 0) is 10.8 Å². The summed E-state index contributed by atoms with van der Waals surface area (Å²) >= 11 is 0. The lowest BCUT2D eigenvalue weighted by atomic mass is 9.87. The van der Waals surface area contributed by atoms with Crippen LogP contribution in [0.3, 0.4) is 0 Å². The van der Waals surface area contributed by atoms with Crippen LogP contribution in [0.5, 0.6) is 0 Å². The first-order chi connectivity index (χ1) is 6.70. The Morgan fingerprint density at radius 2 is 2.07 bits per heavy atom. The Hall–Kier alpha value is 0.110. The Morgan fingerprint density at radius 1 is 1.43 bits per heavy atom. The lowest BCUT2D eigenvalue weighted by Crippen LogP contribution is -2.36. The van der Waals surface area contributed by atoms with Crippen molar-refractivity contribution in [3.05, 3.63) is 0 Å². The van der Waals surface area contributed by atoms with Gasteiger partial charge in [-0.2, -0.15) is 0 Å². The molecular formula is C11H23NOS. The molecule has 1 aliphatic rings. The van der Waals surface area contributed by atoms with Gasteiger partial charge in [-0.05, 0) is 25.7 Å². The Kier molecular flexibility index (Phi) is 5.10. The van der Waals surface area contributed by atoms with E-state index in [1.54, 1.807) is 0 Å². The van der Waals surface area contributed by atoms with E-state index in [4.69, 9.17) is 5.73 Å². The lowest BCUT2D eigenvalue weighted by molar-refractivity contribution is 0.354. The van der Waals surface area contributed by atoms with Crippen molar-refractivity contribution in [3.63, 3.8) is 0 Å². The highest BCUT2D eigenvalue weighted by atomic mass is 32.2. The molecule has 1 aliphatic carbocycles. The van der Waals surface area contributed by atoms with Crippen LogP contribution in [0.15, 0.2) is 0 Å². The first-order valence-electron chi connectivity index (χ1n) is 5.80. The number of rotatable bonds is 4. The monoisotopic (exact) mass is 217 g/mol. The van der Waals surface area contributed by atoms with Gasteiger partial charge in [0.05, 0.1) is 0 Å². The van der Waals surface area contributed by atoms with Crippen LogP contribution in [0, 0.1) is 5.92 Å². The highest BCUT2D eigenvalue weighted by molar-refractivity contribution is 7.86. The van der Waals surface area contributed by atoms with Gasteiger partial charge in [0.15, 0.2) is 0 Å². The van der Waals surface area contributed by atoms with Crippen molar-refractivity contribution >= 4 is 10.8 Å². The molecule has 4 unspecified atom stereocenters. The van der Waals surface area contributed by atoms with Crippen molar-refractivity contribution in [3.8, 4) is 0 Å². The molecule has 2 N–H and O–H groups in total. The molecule has 14 heavy (non-hydrogen) atoms. The molecule has 0 aromatic rings. The third kappa shape index (κ3) is 2.80. The Morgan fingerprint density at radius 3 is 2.64 bits per heavy atom. The van der Waals surface area contributed by atoms with E-state index in [2.05, 4.69) is 6.92 Å². The summed E-state index contributed by atoms with van der Waals surface area (Å²) in [5, 5.41) is 0.597. The van der Waals surface area contributed by atoms with Gasteiger partial charge in [0, 0.05) is 27.8 Å².